The van der Waals surface area contributed by atoms with Crippen molar-refractivity contribution in [2.24, 2.45) is 0 Å². The van der Waals surface area contributed by atoms with E-state index in [1.54, 1.807) is 14.2 Å². The molecule has 0 spiro atoms. The molecule has 0 fully saturated rings. The topological polar surface area (TPSA) is 50.7 Å². The van der Waals surface area contributed by atoms with Gasteiger partial charge in [0.15, 0.2) is 0 Å². The molecule has 88 valence electrons. The number of methoxy groups -OCH3 is 2. The molecule has 4 nitrogen and oxygen atoms in total. The van der Waals surface area contributed by atoms with Crippen LogP contribution in [0.3, 0.4) is 0 Å². The summed E-state index contributed by atoms with van der Waals surface area (Å²) in [7, 11) is 3.29. The number of aliphatic hydroxyl groups is 1. The van der Waals surface area contributed by atoms with Gasteiger partial charge in [0.2, 0.25) is 0 Å². The molecule has 0 aliphatic carbocycles. The fourth-order valence-electron chi connectivity index (χ4n) is 2.23. The molecule has 0 atom stereocenters. The highest BCUT2D eigenvalue weighted by molar-refractivity contribution is 5.54. The van der Waals surface area contributed by atoms with Crippen LogP contribution in [0.2, 0.25) is 0 Å². The highest BCUT2D eigenvalue weighted by Crippen LogP contribution is 2.36. The third-order valence-corrected chi connectivity index (χ3v) is 2.98. The van der Waals surface area contributed by atoms with Crippen LogP contribution in [0.25, 0.3) is 0 Å². The standard InChI is InChI=1S/C12H17NO3/c1-15-11-5-8(7-14)12(16-2)9-3-4-13-6-10(9)11/h5,13-14H,3-4,6-7H2,1-2H3. The predicted octanol–water partition coefficient (Wildman–Crippen LogP) is 0.842. The van der Waals surface area contributed by atoms with E-state index in [0.29, 0.717) is 0 Å². The van der Waals surface area contributed by atoms with Gasteiger partial charge in [-0.25, -0.2) is 0 Å². The second-order valence-electron chi connectivity index (χ2n) is 3.81. The van der Waals surface area contributed by atoms with Crippen molar-refractivity contribution >= 4 is 0 Å². The van der Waals surface area contributed by atoms with Crippen molar-refractivity contribution in [2.75, 3.05) is 20.8 Å². The monoisotopic (exact) mass is 223 g/mol. The number of nitrogens with one attached hydrogen (secondary N) is 1. The average Bonchev–Trinajstić information content (AvgIpc) is 2.36. The van der Waals surface area contributed by atoms with Crippen LogP contribution in [-0.2, 0) is 19.6 Å². The van der Waals surface area contributed by atoms with E-state index in [4.69, 9.17) is 9.47 Å². The van der Waals surface area contributed by atoms with Crippen molar-refractivity contribution in [3.63, 3.8) is 0 Å². The number of hydrogen-bond acceptors (Lipinski definition) is 4. The van der Waals surface area contributed by atoms with Gasteiger partial charge in [-0.1, -0.05) is 0 Å². The summed E-state index contributed by atoms with van der Waals surface area (Å²) >= 11 is 0. The second kappa shape index (κ2) is 4.72. The Hall–Kier alpha value is -1.26. The summed E-state index contributed by atoms with van der Waals surface area (Å²) in [6, 6.07) is 1.85. The van der Waals surface area contributed by atoms with Gasteiger partial charge in [-0.3, -0.25) is 0 Å². The summed E-state index contributed by atoms with van der Waals surface area (Å²) in [6.45, 7) is 1.70. The van der Waals surface area contributed by atoms with E-state index >= 15 is 0 Å². The number of rotatable bonds is 3. The molecule has 1 aromatic carbocycles. The van der Waals surface area contributed by atoms with E-state index in [0.717, 1.165) is 47.7 Å². The normalized spacial score (nSPS) is 14.4. The maximum atomic E-state index is 9.32. The highest BCUT2D eigenvalue weighted by atomic mass is 16.5. The summed E-state index contributed by atoms with van der Waals surface area (Å²) in [6.07, 6.45) is 0.905. The largest absolute Gasteiger partial charge is 0.496 e. The minimum atomic E-state index is -0.0275. The Balaban J connectivity index is 2.60. The molecule has 0 saturated carbocycles. The van der Waals surface area contributed by atoms with Gasteiger partial charge >= 0.3 is 0 Å². The lowest BCUT2D eigenvalue weighted by Gasteiger charge is -2.24. The van der Waals surface area contributed by atoms with Gasteiger partial charge in [-0.05, 0) is 19.0 Å². The summed E-state index contributed by atoms with van der Waals surface area (Å²) in [4.78, 5) is 0. The first kappa shape index (κ1) is 11.2. The van der Waals surface area contributed by atoms with Crippen LogP contribution in [0.5, 0.6) is 11.5 Å². The quantitative estimate of drug-likeness (QED) is 0.797. The molecule has 2 rings (SSSR count). The van der Waals surface area contributed by atoms with Crippen molar-refractivity contribution in [3.05, 3.63) is 22.8 Å². The van der Waals surface area contributed by atoms with Crippen LogP contribution in [0.15, 0.2) is 6.07 Å². The molecule has 0 amide bonds. The minimum Gasteiger partial charge on any atom is -0.496 e. The first-order chi connectivity index (χ1) is 7.81. The summed E-state index contributed by atoms with van der Waals surface area (Å²) < 4.78 is 10.7. The Labute approximate surface area is 95.2 Å². The third kappa shape index (κ3) is 1.74. The summed E-state index contributed by atoms with van der Waals surface area (Å²) in [5, 5.41) is 12.6. The van der Waals surface area contributed by atoms with Crippen molar-refractivity contribution < 1.29 is 14.6 Å². The van der Waals surface area contributed by atoms with Crippen LogP contribution < -0.4 is 14.8 Å². The van der Waals surface area contributed by atoms with Crippen molar-refractivity contribution in [2.45, 2.75) is 19.6 Å². The second-order valence-corrected chi connectivity index (χ2v) is 3.81. The Morgan fingerprint density at radius 2 is 2.12 bits per heavy atom. The maximum Gasteiger partial charge on any atom is 0.128 e. The van der Waals surface area contributed by atoms with Crippen molar-refractivity contribution in [1.82, 2.24) is 5.32 Å². The van der Waals surface area contributed by atoms with E-state index in [2.05, 4.69) is 5.32 Å². The Kier molecular flexibility index (Phi) is 3.31. The lowest BCUT2D eigenvalue weighted by molar-refractivity contribution is 0.271. The van der Waals surface area contributed by atoms with Crippen molar-refractivity contribution in [3.8, 4) is 11.5 Å². The Morgan fingerprint density at radius 1 is 1.31 bits per heavy atom. The summed E-state index contributed by atoms with van der Waals surface area (Å²) in [5.41, 5.74) is 3.09. The molecule has 1 aliphatic rings. The molecule has 1 aliphatic heterocycles. The molecule has 0 radical (unpaired) electrons. The highest BCUT2D eigenvalue weighted by Gasteiger charge is 2.21. The first-order valence-electron chi connectivity index (χ1n) is 5.39. The zero-order valence-corrected chi connectivity index (χ0v) is 9.67. The third-order valence-electron chi connectivity index (χ3n) is 2.98. The number of hydrogen-bond donors (Lipinski definition) is 2. The van der Waals surface area contributed by atoms with Gasteiger partial charge in [-0.2, -0.15) is 0 Å². The zero-order valence-electron chi connectivity index (χ0n) is 9.67. The average molecular weight is 223 g/mol. The molecule has 0 unspecified atom stereocenters. The van der Waals surface area contributed by atoms with E-state index in [9.17, 15) is 5.11 Å². The van der Waals surface area contributed by atoms with Crippen LogP contribution in [-0.4, -0.2) is 25.9 Å². The van der Waals surface area contributed by atoms with Gasteiger partial charge in [0.25, 0.3) is 0 Å². The molecule has 0 saturated heterocycles. The number of aliphatic hydroxyl groups excluding tert-OH is 1. The van der Waals surface area contributed by atoms with Gasteiger partial charge in [0.05, 0.1) is 20.8 Å². The lowest BCUT2D eigenvalue weighted by Crippen LogP contribution is -2.25. The number of fused-ring (bicyclic) bond motifs is 1. The van der Waals surface area contributed by atoms with E-state index in [1.807, 2.05) is 6.07 Å². The summed E-state index contributed by atoms with van der Waals surface area (Å²) in [5.74, 6) is 1.63. The van der Waals surface area contributed by atoms with E-state index < -0.39 is 0 Å². The molecule has 0 aromatic heterocycles. The molecule has 1 aromatic rings. The first-order valence-corrected chi connectivity index (χ1v) is 5.39. The van der Waals surface area contributed by atoms with E-state index in [-0.39, 0.29) is 6.61 Å². The molecule has 16 heavy (non-hydrogen) atoms. The van der Waals surface area contributed by atoms with Crippen LogP contribution in [0, 0.1) is 0 Å². The fourth-order valence-corrected chi connectivity index (χ4v) is 2.23. The maximum absolute atomic E-state index is 9.32. The van der Waals surface area contributed by atoms with E-state index in [1.165, 1.54) is 0 Å². The van der Waals surface area contributed by atoms with Gasteiger partial charge < -0.3 is 19.9 Å². The molecule has 0 bridgehead atoms. The Morgan fingerprint density at radius 3 is 2.75 bits per heavy atom. The SMILES string of the molecule is COc1cc(CO)c(OC)c2c1CNCC2. The lowest BCUT2D eigenvalue weighted by atomic mass is 9.96. The molecule has 1 heterocycles. The molecular formula is C12H17NO3. The van der Waals surface area contributed by atoms with Gasteiger partial charge in [-0.15, -0.1) is 0 Å². The number of benzene rings is 1. The molecule has 4 heteroatoms. The van der Waals surface area contributed by atoms with Crippen LogP contribution in [0.1, 0.15) is 16.7 Å². The molecule has 2 N–H and O–H groups in total. The number of ether oxygens (including phenoxy) is 2. The van der Waals surface area contributed by atoms with Gasteiger partial charge in [0, 0.05) is 23.2 Å². The van der Waals surface area contributed by atoms with Gasteiger partial charge in [0.1, 0.15) is 11.5 Å². The van der Waals surface area contributed by atoms with Crippen LogP contribution in [0.4, 0.5) is 0 Å². The predicted molar refractivity (Wildman–Crippen MR) is 60.9 cm³/mol. The smallest absolute Gasteiger partial charge is 0.128 e. The van der Waals surface area contributed by atoms with Crippen molar-refractivity contribution in [1.29, 1.82) is 0 Å². The van der Waals surface area contributed by atoms with Crippen LogP contribution >= 0.6 is 0 Å². The zero-order chi connectivity index (χ0) is 11.5. The fraction of sp³-hybridized carbons (Fsp3) is 0.500. The molecular weight excluding hydrogens is 206 g/mol. The minimum absolute atomic E-state index is 0.0275. The Bertz CT molecular complexity index is 368.